The topological polar surface area (TPSA) is 40.0 Å². The molecule has 7 heteroatoms. The molecule has 0 bridgehead atoms. The van der Waals surface area contributed by atoms with E-state index in [4.69, 9.17) is 19.2 Å². The van der Waals surface area contributed by atoms with E-state index in [2.05, 4.69) is 88.4 Å². The molecule has 3 aromatic rings. The van der Waals surface area contributed by atoms with Crippen LogP contribution in [0.1, 0.15) is 71.9 Å². The molecule has 0 amide bonds. The van der Waals surface area contributed by atoms with Gasteiger partial charge in [-0.05, 0) is 106 Å². The molecule has 0 atom stereocenters. The van der Waals surface area contributed by atoms with Gasteiger partial charge in [0, 0.05) is 69.5 Å². The van der Waals surface area contributed by atoms with Gasteiger partial charge in [0.2, 0.25) is 0 Å². The summed E-state index contributed by atoms with van der Waals surface area (Å²) in [5.74, 6) is 0.974. The molecule has 0 aromatic heterocycles. The van der Waals surface area contributed by atoms with Gasteiger partial charge in [-0.1, -0.05) is 54.6 Å². The third kappa shape index (κ3) is 15.2. The molecule has 2 saturated heterocycles. The normalized spacial score (nSPS) is 14.0. The molecule has 0 N–H and O–H groups in total. The predicted molar refractivity (Wildman–Crippen MR) is 159 cm³/mol. The molecule has 5 rings (SSSR count). The van der Waals surface area contributed by atoms with Crippen LogP contribution >= 0.6 is 0 Å². The van der Waals surface area contributed by atoms with E-state index >= 15 is 0 Å². The third-order valence-corrected chi connectivity index (χ3v) is 6.68. The average molecular weight is 762 g/mol. The van der Waals surface area contributed by atoms with Gasteiger partial charge in [-0.2, -0.15) is 0 Å². The van der Waals surface area contributed by atoms with Crippen LogP contribution < -0.4 is 29.6 Å². The summed E-state index contributed by atoms with van der Waals surface area (Å²) in [6.07, 6.45) is 9.79. The zero-order valence-corrected chi connectivity index (χ0v) is 28.0. The van der Waals surface area contributed by atoms with Crippen molar-refractivity contribution in [2.24, 2.45) is 4.99 Å². The summed E-state index contributed by atoms with van der Waals surface area (Å²) in [6.45, 7) is 12.9. The van der Waals surface area contributed by atoms with E-state index in [0.717, 1.165) is 60.1 Å². The van der Waals surface area contributed by atoms with Crippen LogP contribution in [0.3, 0.4) is 0 Å². The van der Waals surface area contributed by atoms with Crippen molar-refractivity contribution in [3.05, 3.63) is 94.0 Å². The molecule has 0 unspecified atom stereocenters. The van der Waals surface area contributed by atoms with Crippen LogP contribution in [-0.4, -0.2) is 32.6 Å². The first-order chi connectivity index (χ1) is 18.5. The van der Waals surface area contributed by atoms with Crippen molar-refractivity contribution < 1.29 is 75.9 Å². The molecule has 1 radical (unpaired) electrons. The van der Waals surface area contributed by atoms with E-state index in [1.807, 2.05) is 6.21 Å². The summed E-state index contributed by atoms with van der Waals surface area (Å²) in [6, 6.07) is 20.8. The molecule has 2 fully saturated rings. The molecule has 4 nitrogen and oxygen atoms in total. The maximum absolute atomic E-state index is 6.07. The van der Waals surface area contributed by atoms with Gasteiger partial charge in [0.05, 0.1) is 5.69 Å². The Morgan fingerprint density at radius 1 is 0.659 bits per heavy atom. The number of benzene rings is 3. The van der Waals surface area contributed by atoms with Crippen molar-refractivity contribution in [3.8, 4) is 5.75 Å². The molecule has 2 heterocycles. The number of nitrogens with zero attached hydrogens (tertiary/aromatic N) is 1. The maximum Gasteiger partial charge on any atom is 0.125 e. The fraction of sp³-hybridized carbons (Fsp3) is 0.441. The molecule has 0 aliphatic carbocycles. The summed E-state index contributed by atoms with van der Waals surface area (Å²) < 4.78 is 16.2. The smallest absolute Gasteiger partial charge is 0.125 e. The van der Waals surface area contributed by atoms with Gasteiger partial charge in [-0.15, -0.1) is 0 Å². The van der Waals surface area contributed by atoms with Crippen LogP contribution in [0.15, 0.2) is 65.7 Å². The van der Waals surface area contributed by atoms with E-state index in [-0.39, 0.29) is 61.7 Å². The van der Waals surface area contributed by atoms with Gasteiger partial charge in [-0.3, -0.25) is 4.99 Å². The van der Waals surface area contributed by atoms with Crippen molar-refractivity contribution in [1.82, 2.24) is 0 Å². The number of rotatable bonds is 5. The van der Waals surface area contributed by atoms with Crippen molar-refractivity contribution in [3.63, 3.8) is 0 Å². The number of aliphatic imine (C=N–C) groups is 1. The third-order valence-electron chi connectivity index (χ3n) is 6.68. The SMILES string of the molecule is C1CCOCC1.C1CCOCC1.Cc1cccc(C)c1N=Cc1cccc(COc2c(C)cccc2C)c1.[Cl-].[Cl-].[Lu]. The van der Waals surface area contributed by atoms with Crippen molar-refractivity contribution in [1.29, 1.82) is 0 Å². The number of aryl methyl sites for hydroxylation is 4. The van der Waals surface area contributed by atoms with Crippen molar-refractivity contribution in [2.45, 2.75) is 72.8 Å². The zero-order chi connectivity index (χ0) is 27.0. The first kappa shape index (κ1) is 39.9. The first-order valence-electron chi connectivity index (χ1n) is 14.1. The molecular formula is C34H45Cl2LuNO3-2. The van der Waals surface area contributed by atoms with Crippen LogP contribution in [0.5, 0.6) is 5.75 Å². The second-order valence-electron chi connectivity index (χ2n) is 10.1. The average Bonchev–Trinajstić information content (AvgIpc) is 2.95. The van der Waals surface area contributed by atoms with Crippen molar-refractivity contribution in [2.75, 3.05) is 26.4 Å². The Hall–Kier alpha value is -1.14. The number of para-hydroxylation sites is 2. The van der Waals surface area contributed by atoms with Crippen LogP contribution in [0, 0.1) is 64.6 Å². The zero-order valence-electron chi connectivity index (χ0n) is 24.8. The Bertz CT molecular complexity index is 1070. The summed E-state index contributed by atoms with van der Waals surface area (Å²) in [5, 5.41) is 0. The second kappa shape index (κ2) is 23.3. The molecule has 2 aliphatic rings. The minimum atomic E-state index is 0. The van der Waals surface area contributed by atoms with E-state index in [1.54, 1.807) is 0 Å². The van der Waals surface area contributed by atoms with Crippen molar-refractivity contribution >= 4 is 11.9 Å². The molecule has 3 aromatic carbocycles. The molecule has 0 spiro atoms. The van der Waals surface area contributed by atoms with Gasteiger partial charge in [0.25, 0.3) is 0 Å². The minimum Gasteiger partial charge on any atom is -1.00 e. The molecular weight excluding hydrogens is 716 g/mol. The summed E-state index contributed by atoms with van der Waals surface area (Å²) in [7, 11) is 0. The molecule has 235 valence electrons. The largest absolute Gasteiger partial charge is 1.00 e. The van der Waals surface area contributed by atoms with Crippen LogP contribution in [0.25, 0.3) is 0 Å². The monoisotopic (exact) mass is 760 g/mol. The van der Waals surface area contributed by atoms with Crippen LogP contribution in [0.2, 0.25) is 0 Å². The molecule has 0 saturated carbocycles. The van der Waals surface area contributed by atoms with Crippen LogP contribution in [0.4, 0.5) is 5.69 Å². The summed E-state index contributed by atoms with van der Waals surface area (Å²) >= 11 is 0. The summed E-state index contributed by atoms with van der Waals surface area (Å²) in [4.78, 5) is 4.70. The Morgan fingerprint density at radius 2 is 1.12 bits per heavy atom. The van der Waals surface area contributed by atoms with Gasteiger partial charge < -0.3 is 39.0 Å². The quantitative estimate of drug-likeness (QED) is 0.376. The van der Waals surface area contributed by atoms with Gasteiger partial charge in [0.1, 0.15) is 12.4 Å². The van der Waals surface area contributed by atoms with E-state index < -0.39 is 0 Å². The first-order valence-corrected chi connectivity index (χ1v) is 14.1. The van der Waals surface area contributed by atoms with Gasteiger partial charge in [0.15, 0.2) is 0 Å². The molecule has 41 heavy (non-hydrogen) atoms. The van der Waals surface area contributed by atoms with E-state index in [9.17, 15) is 0 Å². The predicted octanol–water partition coefficient (Wildman–Crippen LogP) is 2.63. The Labute approximate surface area is 289 Å². The summed E-state index contributed by atoms with van der Waals surface area (Å²) in [5.41, 5.74) is 7.97. The maximum atomic E-state index is 6.07. The standard InChI is InChI=1S/C24H25NO.2C5H10O.2ClH.Lu/c1-17-8-5-9-18(2)23(17)25-15-21-12-7-13-22(14-21)16-26-24-19(3)10-6-11-20(24)4;2*1-2-4-6-5-3-1;;;/h5-15H,16H2,1-4H3;2*1-5H2;2*1H;/p-2. The number of ether oxygens (including phenoxy) is 3. The minimum absolute atomic E-state index is 0. The van der Waals surface area contributed by atoms with Gasteiger partial charge in [-0.25, -0.2) is 0 Å². The number of hydrogen-bond donors (Lipinski definition) is 0. The van der Waals surface area contributed by atoms with Crippen LogP contribution in [-0.2, 0) is 16.1 Å². The Balaban J connectivity index is 0.000000884. The Kier molecular flexibility index (Phi) is 22.7. The number of halogens is 2. The van der Waals surface area contributed by atoms with Gasteiger partial charge >= 0.3 is 0 Å². The fourth-order valence-electron chi connectivity index (χ4n) is 4.47. The number of hydrogen-bond acceptors (Lipinski definition) is 4. The fourth-order valence-corrected chi connectivity index (χ4v) is 4.47. The Morgan fingerprint density at radius 3 is 1.56 bits per heavy atom. The second-order valence-corrected chi connectivity index (χ2v) is 10.1. The van der Waals surface area contributed by atoms with E-state index in [0.29, 0.717) is 6.61 Å². The van der Waals surface area contributed by atoms with E-state index in [1.165, 1.54) is 49.7 Å². The molecule has 2 aliphatic heterocycles.